The Morgan fingerprint density at radius 1 is 1.20 bits per heavy atom. The summed E-state index contributed by atoms with van der Waals surface area (Å²) in [5, 5.41) is 6.60. The number of hydrogen-bond acceptors (Lipinski definition) is 5. The van der Waals surface area contributed by atoms with Gasteiger partial charge < -0.3 is 15.4 Å². The summed E-state index contributed by atoms with van der Waals surface area (Å²) in [6.45, 7) is 1.97. The molecular weight excluding hydrogens is 252 g/mol. The van der Waals surface area contributed by atoms with Gasteiger partial charge in [0.2, 0.25) is 5.95 Å². The van der Waals surface area contributed by atoms with E-state index in [2.05, 4.69) is 20.6 Å². The predicted octanol–water partition coefficient (Wildman–Crippen LogP) is 3.11. The summed E-state index contributed by atoms with van der Waals surface area (Å²) < 4.78 is 5.32. The monoisotopic (exact) mass is 270 g/mol. The van der Waals surface area contributed by atoms with Gasteiger partial charge in [-0.05, 0) is 31.9 Å². The molecule has 0 atom stereocenters. The molecule has 1 saturated carbocycles. The van der Waals surface area contributed by atoms with E-state index in [-0.39, 0.29) is 0 Å². The summed E-state index contributed by atoms with van der Waals surface area (Å²) in [6, 6.07) is 10.3. The Kier molecular flexibility index (Phi) is 3.41. The number of benzene rings is 1. The van der Waals surface area contributed by atoms with Crippen LogP contribution in [0.5, 0.6) is 5.75 Å². The number of nitrogens with one attached hydrogen (secondary N) is 2. The normalized spacial score (nSPS) is 13.9. The molecule has 0 amide bonds. The third-order valence-electron chi connectivity index (χ3n) is 3.14. The summed E-state index contributed by atoms with van der Waals surface area (Å²) >= 11 is 0. The Balaban J connectivity index is 1.83. The van der Waals surface area contributed by atoms with Gasteiger partial charge in [0.15, 0.2) is 0 Å². The van der Waals surface area contributed by atoms with Gasteiger partial charge in [-0.2, -0.15) is 4.98 Å². The van der Waals surface area contributed by atoms with Crippen LogP contribution in [-0.2, 0) is 0 Å². The van der Waals surface area contributed by atoms with Gasteiger partial charge in [0.05, 0.1) is 12.8 Å². The van der Waals surface area contributed by atoms with Gasteiger partial charge in [0.1, 0.15) is 11.6 Å². The Bertz CT molecular complexity index is 611. The lowest BCUT2D eigenvalue weighted by Crippen LogP contribution is -2.07. The van der Waals surface area contributed by atoms with Crippen LogP contribution in [0.4, 0.5) is 17.5 Å². The second-order valence-corrected chi connectivity index (χ2v) is 4.96. The smallest absolute Gasteiger partial charge is 0.229 e. The van der Waals surface area contributed by atoms with Crippen molar-refractivity contribution in [3.05, 3.63) is 36.0 Å². The fourth-order valence-electron chi connectivity index (χ4n) is 2.00. The molecule has 0 aliphatic heterocycles. The van der Waals surface area contributed by atoms with Crippen molar-refractivity contribution in [2.24, 2.45) is 0 Å². The van der Waals surface area contributed by atoms with Crippen LogP contribution in [0.15, 0.2) is 30.3 Å². The molecule has 1 fully saturated rings. The molecule has 0 bridgehead atoms. The first-order chi connectivity index (χ1) is 9.74. The van der Waals surface area contributed by atoms with Gasteiger partial charge in [-0.25, -0.2) is 4.98 Å². The quantitative estimate of drug-likeness (QED) is 0.874. The lowest BCUT2D eigenvalue weighted by molar-refractivity contribution is 0.417. The lowest BCUT2D eigenvalue weighted by Gasteiger charge is -2.11. The number of aryl methyl sites for hydroxylation is 1. The SMILES string of the molecule is COc1ccccc1Nc1nc(C)cc(NC2CC2)n1. The topological polar surface area (TPSA) is 59.1 Å². The fourth-order valence-corrected chi connectivity index (χ4v) is 2.00. The van der Waals surface area contributed by atoms with Crippen LogP contribution in [0.3, 0.4) is 0 Å². The average molecular weight is 270 g/mol. The van der Waals surface area contributed by atoms with Crippen molar-refractivity contribution in [3.63, 3.8) is 0 Å². The number of aromatic nitrogens is 2. The minimum atomic E-state index is 0.573. The largest absolute Gasteiger partial charge is 0.495 e. The van der Waals surface area contributed by atoms with Gasteiger partial charge in [-0.15, -0.1) is 0 Å². The first-order valence-corrected chi connectivity index (χ1v) is 6.77. The maximum Gasteiger partial charge on any atom is 0.229 e. The predicted molar refractivity (Wildman–Crippen MR) is 79.7 cm³/mol. The van der Waals surface area contributed by atoms with Gasteiger partial charge in [-0.3, -0.25) is 0 Å². The fraction of sp³-hybridized carbons (Fsp3) is 0.333. The minimum absolute atomic E-state index is 0.573. The molecule has 2 aromatic rings. The summed E-state index contributed by atoms with van der Waals surface area (Å²) in [6.07, 6.45) is 2.44. The molecule has 104 valence electrons. The minimum Gasteiger partial charge on any atom is -0.495 e. The highest BCUT2D eigenvalue weighted by molar-refractivity contribution is 5.63. The molecule has 0 saturated heterocycles. The van der Waals surface area contributed by atoms with Crippen LogP contribution < -0.4 is 15.4 Å². The van der Waals surface area contributed by atoms with Gasteiger partial charge in [0, 0.05) is 17.8 Å². The maximum absolute atomic E-state index is 5.32. The third-order valence-corrected chi connectivity index (χ3v) is 3.14. The van der Waals surface area contributed by atoms with Crippen LogP contribution >= 0.6 is 0 Å². The molecule has 0 spiro atoms. The van der Waals surface area contributed by atoms with Crippen molar-refractivity contribution >= 4 is 17.5 Å². The third kappa shape index (κ3) is 2.99. The van der Waals surface area contributed by atoms with Crippen LogP contribution in [-0.4, -0.2) is 23.1 Å². The first-order valence-electron chi connectivity index (χ1n) is 6.77. The summed E-state index contributed by atoms with van der Waals surface area (Å²) in [4.78, 5) is 8.91. The van der Waals surface area contributed by atoms with Crippen LogP contribution in [0.1, 0.15) is 18.5 Å². The van der Waals surface area contributed by atoms with Crippen molar-refractivity contribution in [1.82, 2.24) is 9.97 Å². The van der Waals surface area contributed by atoms with Gasteiger partial charge in [0.25, 0.3) is 0 Å². The van der Waals surface area contributed by atoms with Crippen molar-refractivity contribution < 1.29 is 4.74 Å². The van der Waals surface area contributed by atoms with Crippen molar-refractivity contribution in [1.29, 1.82) is 0 Å². The second-order valence-electron chi connectivity index (χ2n) is 4.96. The van der Waals surface area contributed by atoms with Crippen molar-refractivity contribution in [2.45, 2.75) is 25.8 Å². The van der Waals surface area contributed by atoms with Crippen LogP contribution in [0, 0.1) is 6.92 Å². The molecule has 2 N–H and O–H groups in total. The molecule has 1 aliphatic carbocycles. The van der Waals surface area contributed by atoms with Gasteiger partial charge >= 0.3 is 0 Å². The molecule has 5 heteroatoms. The van der Waals surface area contributed by atoms with E-state index in [1.807, 2.05) is 37.3 Å². The molecule has 5 nitrogen and oxygen atoms in total. The highest BCUT2D eigenvalue weighted by Gasteiger charge is 2.21. The molecular formula is C15H18N4O. The molecule has 3 rings (SSSR count). The zero-order valence-corrected chi connectivity index (χ0v) is 11.7. The second kappa shape index (κ2) is 5.36. The molecule has 0 unspecified atom stereocenters. The maximum atomic E-state index is 5.32. The molecule has 1 heterocycles. The van der Waals surface area contributed by atoms with E-state index in [1.165, 1.54) is 12.8 Å². The zero-order valence-electron chi connectivity index (χ0n) is 11.7. The standard InChI is InChI=1S/C15H18N4O/c1-10-9-14(17-11-7-8-11)19-15(16-10)18-12-5-3-4-6-13(12)20-2/h3-6,9,11H,7-8H2,1-2H3,(H2,16,17,18,19). The summed E-state index contributed by atoms with van der Waals surface area (Å²) in [5.41, 5.74) is 1.79. The van der Waals surface area contributed by atoms with E-state index < -0.39 is 0 Å². The molecule has 1 aromatic carbocycles. The summed E-state index contributed by atoms with van der Waals surface area (Å²) in [7, 11) is 1.65. The van der Waals surface area contributed by atoms with Crippen molar-refractivity contribution in [3.8, 4) is 5.75 Å². The number of anilines is 3. The molecule has 20 heavy (non-hydrogen) atoms. The van der Waals surface area contributed by atoms with Gasteiger partial charge in [-0.1, -0.05) is 12.1 Å². The van der Waals surface area contributed by atoms with E-state index >= 15 is 0 Å². The Morgan fingerprint density at radius 2 is 2.00 bits per heavy atom. The van der Waals surface area contributed by atoms with Crippen LogP contribution in [0.25, 0.3) is 0 Å². The number of rotatable bonds is 5. The van der Waals surface area contributed by atoms with E-state index in [4.69, 9.17) is 4.74 Å². The molecule has 0 radical (unpaired) electrons. The highest BCUT2D eigenvalue weighted by atomic mass is 16.5. The van der Waals surface area contributed by atoms with Crippen LogP contribution in [0.2, 0.25) is 0 Å². The lowest BCUT2D eigenvalue weighted by atomic mass is 10.3. The Hall–Kier alpha value is -2.30. The molecule has 1 aromatic heterocycles. The number of methoxy groups -OCH3 is 1. The van der Waals surface area contributed by atoms with E-state index in [0.29, 0.717) is 12.0 Å². The Labute approximate surface area is 118 Å². The number of para-hydroxylation sites is 2. The van der Waals surface area contributed by atoms with E-state index in [1.54, 1.807) is 7.11 Å². The van der Waals surface area contributed by atoms with E-state index in [0.717, 1.165) is 22.9 Å². The zero-order chi connectivity index (χ0) is 13.9. The highest BCUT2D eigenvalue weighted by Crippen LogP contribution is 2.27. The number of hydrogen-bond donors (Lipinski definition) is 2. The number of nitrogens with zero attached hydrogens (tertiary/aromatic N) is 2. The number of ether oxygens (including phenoxy) is 1. The average Bonchev–Trinajstić information content (AvgIpc) is 3.22. The Morgan fingerprint density at radius 3 is 2.75 bits per heavy atom. The summed E-state index contributed by atoms with van der Waals surface area (Å²) in [5.74, 6) is 2.23. The first kappa shape index (κ1) is 12.7. The molecule has 1 aliphatic rings. The van der Waals surface area contributed by atoms with E-state index in [9.17, 15) is 0 Å². The van der Waals surface area contributed by atoms with Crippen molar-refractivity contribution in [2.75, 3.05) is 17.7 Å².